The molecule has 1 radical (unpaired) electrons. The molecule has 0 heterocycles. The average Bonchev–Trinajstić information content (AvgIpc) is 2.11. The SMILES string of the molecule is CN(C)C.Cl.Cl.[CH]1C=CC=C1. The van der Waals surface area contributed by atoms with Gasteiger partial charge in [0.15, 0.2) is 0 Å². The Kier molecular flexibility index (Phi) is 19.8. The fraction of sp³-hybridized carbons (Fsp3) is 0.375. The largest absolute Gasteiger partial charge is 0.312 e. The van der Waals surface area contributed by atoms with E-state index in [4.69, 9.17) is 0 Å². The second-order valence-corrected chi connectivity index (χ2v) is 2.30. The van der Waals surface area contributed by atoms with E-state index >= 15 is 0 Å². The summed E-state index contributed by atoms with van der Waals surface area (Å²) in [5, 5.41) is 0. The maximum atomic E-state index is 2.00. The van der Waals surface area contributed by atoms with Crippen LogP contribution in [-0.2, 0) is 0 Å². The highest BCUT2D eigenvalue weighted by Gasteiger charge is 1.72. The molecule has 0 aromatic rings. The molecule has 0 aromatic carbocycles. The maximum Gasteiger partial charge on any atom is 0.00506 e. The molecule has 3 heteroatoms. The van der Waals surface area contributed by atoms with Crippen molar-refractivity contribution in [2.75, 3.05) is 21.1 Å². The predicted octanol–water partition coefficient (Wildman–Crippen LogP) is 2.34. The number of halogens is 2. The van der Waals surface area contributed by atoms with Crippen molar-refractivity contribution in [1.29, 1.82) is 0 Å². The Bertz CT molecular complexity index is 95.9. The van der Waals surface area contributed by atoms with Crippen molar-refractivity contribution in [1.82, 2.24) is 4.90 Å². The van der Waals surface area contributed by atoms with Gasteiger partial charge in [0, 0.05) is 6.42 Å². The quantitative estimate of drug-likeness (QED) is 0.576. The van der Waals surface area contributed by atoms with E-state index in [-0.39, 0.29) is 24.8 Å². The lowest BCUT2D eigenvalue weighted by Gasteiger charge is -1.90. The van der Waals surface area contributed by atoms with Crippen LogP contribution in [0.5, 0.6) is 0 Å². The van der Waals surface area contributed by atoms with Gasteiger partial charge in [0.2, 0.25) is 0 Å². The topological polar surface area (TPSA) is 3.24 Å². The summed E-state index contributed by atoms with van der Waals surface area (Å²) in [5.74, 6) is 0. The molecule has 0 atom stereocenters. The van der Waals surface area contributed by atoms with Gasteiger partial charge in [-0.2, -0.15) is 0 Å². The van der Waals surface area contributed by atoms with Gasteiger partial charge in [-0.3, -0.25) is 0 Å². The Morgan fingerprint density at radius 1 is 0.727 bits per heavy atom. The van der Waals surface area contributed by atoms with E-state index < -0.39 is 0 Å². The molecule has 0 unspecified atom stereocenters. The molecule has 67 valence electrons. The minimum atomic E-state index is 0. The zero-order chi connectivity index (χ0) is 7.11. The van der Waals surface area contributed by atoms with Gasteiger partial charge >= 0.3 is 0 Å². The van der Waals surface area contributed by atoms with Gasteiger partial charge in [0.05, 0.1) is 0 Å². The first-order valence-electron chi connectivity index (χ1n) is 3.01. The summed E-state index contributed by atoms with van der Waals surface area (Å²) >= 11 is 0. The van der Waals surface area contributed by atoms with E-state index in [1.54, 1.807) is 0 Å². The van der Waals surface area contributed by atoms with Crippen LogP contribution >= 0.6 is 24.8 Å². The Balaban J connectivity index is -0.000000101. The van der Waals surface area contributed by atoms with Crippen LogP contribution in [0.4, 0.5) is 0 Å². The van der Waals surface area contributed by atoms with Crippen LogP contribution in [0.15, 0.2) is 24.3 Å². The molecule has 1 aliphatic carbocycles. The Labute approximate surface area is 82.0 Å². The number of allylic oxidation sites excluding steroid dienone is 4. The summed E-state index contributed by atoms with van der Waals surface area (Å²) in [4.78, 5) is 2.00. The van der Waals surface area contributed by atoms with E-state index in [9.17, 15) is 0 Å². The van der Waals surface area contributed by atoms with Crippen LogP contribution in [0.3, 0.4) is 0 Å². The first kappa shape index (κ1) is 17.2. The Morgan fingerprint density at radius 3 is 1.09 bits per heavy atom. The van der Waals surface area contributed by atoms with E-state index in [1.807, 2.05) is 56.8 Å². The van der Waals surface area contributed by atoms with Gasteiger partial charge in [-0.15, -0.1) is 24.8 Å². The normalized spacial score (nSPS) is 11.3. The lowest BCUT2D eigenvalue weighted by molar-refractivity contribution is 0.505. The fourth-order valence-corrected chi connectivity index (χ4v) is 0.321. The van der Waals surface area contributed by atoms with Crippen molar-refractivity contribution in [3.8, 4) is 0 Å². The van der Waals surface area contributed by atoms with Gasteiger partial charge < -0.3 is 4.90 Å². The van der Waals surface area contributed by atoms with Gasteiger partial charge in [0.1, 0.15) is 0 Å². The molecule has 0 saturated heterocycles. The summed E-state index contributed by atoms with van der Waals surface area (Å²) in [7, 11) is 6.00. The highest BCUT2D eigenvalue weighted by molar-refractivity contribution is 5.85. The maximum absolute atomic E-state index is 2.00. The molecule has 0 amide bonds. The molecule has 0 saturated carbocycles. The van der Waals surface area contributed by atoms with E-state index in [0.29, 0.717) is 0 Å². The van der Waals surface area contributed by atoms with Gasteiger partial charge in [-0.25, -0.2) is 0 Å². The summed E-state index contributed by atoms with van der Waals surface area (Å²) in [5.41, 5.74) is 0. The van der Waals surface area contributed by atoms with Gasteiger partial charge in [0.25, 0.3) is 0 Å². The van der Waals surface area contributed by atoms with Crippen molar-refractivity contribution in [3.63, 3.8) is 0 Å². The molecule has 0 N–H and O–H groups in total. The molecule has 1 rings (SSSR count). The van der Waals surface area contributed by atoms with Crippen LogP contribution in [0, 0.1) is 6.42 Å². The molecular weight excluding hydrogens is 181 g/mol. The van der Waals surface area contributed by atoms with Gasteiger partial charge in [-0.05, 0) is 21.1 Å². The summed E-state index contributed by atoms with van der Waals surface area (Å²) in [6.45, 7) is 0. The molecule has 0 spiro atoms. The molecule has 0 fully saturated rings. The number of hydrogen-bond donors (Lipinski definition) is 0. The van der Waals surface area contributed by atoms with Crippen molar-refractivity contribution in [2.24, 2.45) is 0 Å². The van der Waals surface area contributed by atoms with Crippen molar-refractivity contribution in [2.45, 2.75) is 0 Å². The highest BCUT2D eigenvalue weighted by Crippen LogP contribution is 1.91. The van der Waals surface area contributed by atoms with E-state index in [2.05, 4.69) is 0 Å². The number of rotatable bonds is 0. The highest BCUT2D eigenvalue weighted by atomic mass is 35.5. The molecule has 1 nitrogen and oxygen atoms in total. The second-order valence-electron chi connectivity index (χ2n) is 2.30. The standard InChI is InChI=1S/C5H5.C3H9N.2ClH/c1-2-4-5-3-1;1-4(2)3;;/h1-5H;1-3H3;2*1H. The summed E-state index contributed by atoms with van der Waals surface area (Å²) < 4.78 is 0. The lowest BCUT2D eigenvalue weighted by Crippen LogP contribution is -1.99. The van der Waals surface area contributed by atoms with E-state index in [0.717, 1.165) is 0 Å². The lowest BCUT2D eigenvalue weighted by atomic mass is 10.5. The average molecular weight is 197 g/mol. The first-order valence-corrected chi connectivity index (χ1v) is 3.01. The van der Waals surface area contributed by atoms with Crippen LogP contribution in [0.1, 0.15) is 0 Å². The number of nitrogens with zero attached hydrogens (tertiary/aromatic N) is 1. The molecular formula is C8H16Cl2N. The Hall–Kier alpha value is 0.0200. The van der Waals surface area contributed by atoms with Gasteiger partial charge in [-0.1, -0.05) is 24.3 Å². The molecule has 0 aliphatic heterocycles. The third-order valence-corrected chi connectivity index (χ3v) is 0.556. The van der Waals surface area contributed by atoms with Crippen LogP contribution in [-0.4, -0.2) is 26.0 Å². The van der Waals surface area contributed by atoms with Crippen LogP contribution in [0.25, 0.3) is 0 Å². The minimum absolute atomic E-state index is 0. The monoisotopic (exact) mass is 196 g/mol. The zero-order valence-corrected chi connectivity index (χ0v) is 8.78. The van der Waals surface area contributed by atoms with Crippen LogP contribution in [0.2, 0.25) is 0 Å². The van der Waals surface area contributed by atoms with Crippen LogP contribution < -0.4 is 0 Å². The van der Waals surface area contributed by atoms with Crippen molar-refractivity contribution >= 4 is 24.8 Å². The van der Waals surface area contributed by atoms with E-state index in [1.165, 1.54) is 0 Å². The molecule has 0 bridgehead atoms. The van der Waals surface area contributed by atoms with Crippen molar-refractivity contribution < 1.29 is 0 Å². The third-order valence-electron chi connectivity index (χ3n) is 0.556. The fourth-order valence-electron chi connectivity index (χ4n) is 0.321. The molecule has 1 aliphatic rings. The predicted molar refractivity (Wildman–Crippen MR) is 56.7 cm³/mol. The third kappa shape index (κ3) is 25.6. The molecule has 11 heavy (non-hydrogen) atoms. The summed E-state index contributed by atoms with van der Waals surface area (Å²) in [6, 6.07) is 0. The van der Waals surface area contributed by atoms with Crippen molar-refractivity contribution in [3.05, 3.63) is 30.7 Å². The summed E-state index contributed by atoms with van der Waals surface area (Å²) in [6.07, 6.45) is 10.0. The minimum Gasteiger partial charge on any atom is -0.312 e. The zero-order valence-electron chi connectivity index (χ0n) is 7.15. The Morgan fingerprint density at radius 2 is 1.00 bits per heavy atom. The number of hydrogen-bond acceptors (Lipinski definition) is 1. The smallest absolute Gasteiger partial charge is 0.00506 e. The second kappa shape index (κ2) is 12.7. The first-order chi connectivity index (χ1) is 4.23. The molecule has 0 aromatic heterocycles.